The molecule has 0 aliphatic rings. The molecule has 4 aromatic carbocycles. The molecule has 2 atom stereocenters. The van der Waals surface area contributed by atoms with E-state index >= 15 is 0 Å². The van der Waals surface area contributed by atoms with Crippen LogP contribution in [0.1, 0.15) is 41.3 Å². The number of rotatable bonds is 7. The summed E-state index contributed by atoms with van der Waals surface area (Å²) in [6.45, 7) is 3.80. The fourth-order valence-corrected chi connectivity index (χ4v) is 3.75. The Kier molecular flexibility index (Phi) is 6.07. The maximum atomic E-state index is 13.8. The summed E-state index contributed by atoms with van der Waals surface area (Å²) in [6, 6.07) is 17.7. The molecule has 0 saturated heterocycles. The molecule has 0 amide bonds. The minimum absolute atomic E-state index is 0.138. The van der Waals surface area contributed by atoms with Crippen molar-refractivity contribution in [3.8, 4) is 5.75 Å². The normalized spacial score (nSPS) is 13.1. The van der Waals surface area contributed by atoms with E-state index in [1.807, 2.05) is 44.2 Å². The maximum Gasteiger partial charge on any atom is 0.271 e. The average Bonchev–Trinajstić information content (AvgIpc) is 2.80. The van der Waals surface area contributed by atoms with Gasteiger partial charge in [0.25, 0.3) is 10.9 Å². The van der Waals surface area contributed by atoms with Crippen molar-refractivity contribution in [2.45, 2.75) is 25.9 Å². The van der Waals surface area contributed by atoms with E-state index in [2.05, 4.69) is 10.6 Å². The summed E-state index contributed by atoms with van der Waals surface area (Å²) < 4.78 is 27.5. The number of hydrogen-bond donors (Lipinski definition) is 3. The van der Waals surface area contributed by atoms with Gasteiger partial charge in [0.05, 0.1) is 6.04 Å². The number of nitrogens with one attached hydrogen (secondary N) is 2. The van der Waals surface area contributed by atoms with Crippen molar-refractivity contribution in [1.82, 2.24) is 5.32 Å². The van der Waals surface area contributed by atoms with E-state index in [-0.39, 0.29) is 11.7 Å². The van der Waals surface area contributed by atoms with Gasteiger partial charge >= 0.3 is 0 Å². The van der Waals surface area contributed by atoms with E-state index in [4.69, 9.17) is 0 Å². The van der Waals surface area contributed by atoms with Crippen molar-refractivity contribution in [3.05, 3.63) is 121 Å². The van der Waals surface area contributed by atoms with Crippen LogP contribution in [-0.4, -0.2) is 5.11 Å². The molecule has 7 heteroatoms. The molecule has 5 nitrogen and oxygen atoms in total. The summed E-state index contributed by atoms with van der Waals surface area (Å²) in [6.07, 6.45) is 0. The molecule has 4 rings (SSSR count). The number of hydrogen-bond acceptors (Lipinski definition) is 5. The Bertz CT molecular complexity index is 1360. The molecular weight excluding hydrogens is 426 g/mol. The molecule has 33 heavy (non-hydrogen) atoms. The molecule has 0 aliphatic carbocycles. The second-order valence-corrected chi connectivity index (χ2v) is 8.07. The Balaban J connectivity index is 1.68. The topological polar surface area (TPSA) is 78.4 Å². The molecule has 0 aliphatic heterocycles. The van der Waals surface area contributed by atoms with E-state index in [9.17, 15) is 23.5 Å². The van der Waals surface area contributed by atoms with Crippen LogP contribution in [0, 0.1) is 18.6 Å². The van der Waals surface area contributed by atoms with Crippen molar-refractivity contribution in [2.24, 2.45) is 0 Å². The lowest BCUT2D eigenvalue weighted by Gasteiger charge is -2.25. The number of aryl methyl sites for hydroxylation is 1. The molecule has 3 N–H and O–H groups in total. The summed E-state index contributed by atoms with van der Waals surface area (Å²) in [5.41, 5.74) is 1.98. The predicted molar refractivity (Wildman–Crippen MR) is 124 cm³/mol. The van der Waals surface area contributed by atoms with Gasteiger partial charge in [0, 0.05) is 17.8 Å². The SMILES string of the molecule is Cc1ccc(C(N[C@H](C)c2cc(F)cc(F)c2)c2cccc(Nc3c(O)c(=O)c3=O)c2)cc1. The Labute approximate surface area is 189 Å². The van der Waals surface area contributed by atoms with Crippen molar-refractivity contribution in [1.29, 1.82) is 0 Å². The van der Waals surface area contributed by atoms with Crippen LogP contribution in [0.25, 0.3) is 0 Å². The van der Waals surface area contributed by atoms with Crippen LogP contribution in [0.15, 0.2) is 76.3 Å². The highest BCUT2D eigenvalue weighted by atomic mass is 19.1. The minimum atomic E-state index is -0.913. The van der Waals surface area contributed by atoms with Gasteiger partial charge in [0.15, 0.2) is 5.75 Å². The van der Waals surface area contributed by atoms with Crippen molar-refractivity contribution >= 4 is 11.4 Å². The van der Waals surface area contributed by atoms with Crippen LogP contribution in [0.4, 0.5) is 20.2 Å². The van der Waals surface area contributed by atoms with Crippen molar-refractivity contribution < 1.29 is 13.9 Å². The maximum absolute atomic E-state index is 13.8. The third kappa shape index (κ3) is 4.68. The van der Waals surface area contributed by atoms with E-state index in [1.54, 1.807) is 18.2 Å². The highest BCUT2D eigenvalue weighted by molar-refractivity contribution is 5.69. The second-order valence-electron chi connectivity index (χ2n) is 8.07. The zero-order valence-electron chi connectivity index (χ0n) is 18.0. The summed E-state index contributed by atoms with van der Waals surface area (Å²) >= 11 is 0. The van der Waals surface area contributed by atoms with Gasteiger partial charge in [-0.1, -0.05) is 42.0 Å². The molecule has 0 radical (unpaired) electrons. The number of anilines is 2. The van der Waals surface area contributed by atoms with Crippen LogP contribution in [0.5, 0.6) is 5.75 Å². The van der Waals surface area contributed by atoms with Gasteiger partial charge in [-0.2, -0.15) is 0 Å². The molecule has 4 aromatic rings. The van der Waals surface area contributed by atoms with Crippen LogP contribution in [0.2, 0.25) is 0 Å². The fraction of sp³-hybridized carbons (Fsp3) is 0.154. The van der Waals surface area contributed by atoms with Gasteiger partial charge in [-0.25, -0.2) is 8.78 Å². The quantitative estimate of drug-likeness (QED) is 0.356. The molecule has 0 fully saturated rings. The smallest absolute Gasteiger partial charge is 0.271 e. The summed E-state index contributed by atoms with van der Waals surface area (Å²) in [7, 11) is 0. The summed E-state index contributed by atoms with van der Waals surface area (Å²) in [4.78, 5) is 23.0. The Morgan fingerprint density at radius 1 is 0.818 bits per heavy atom. The lowest BCUT2D eigenvalue weighted by atomic mass is 9.95. The van der Waals surface area contributed by atoms with Crippen LogP contribution in [-0.2, 0) is 0 Å². The summed E-state index contributed by atoms with van der Waals surface area (Å²) in [5, 5.41) is 15.9. The van der Waals surface area contributed by atoms with E-state index in [1.165, 1.54) is 12.1 Å². The highest BCUT2D eigenvalue weighted by Crippen LogP contribution is 2.30. The van der Waals surface area contributed by atoms with Gasteiger partial charge in [-0.15, -0.1) is 0 Å². The fourth-order valence-electron chi connectivity index (χ4n) is 3.75. The molecule has 0 aromatic heterocycles. The highest BCUT2D eigenvalue weighted by Gasteiger charge is 2.22. The van der Waals surface area contributed by atoms with Crippen LogP contribution >= 0.6 is 0 Å². The first-order valence-corrected chi connectivity index (χ1v) is 10.4. The largest absolute Gasteiger partial charge is 0.502 e. The van der Waals surface area contributed by atoms with E-state index in [0.29, 0.717) is 11.3 Å². The monoisotopic (exact) mass is 448 g/mol. The molecule has 0 saturated carbocycles. The number of benzene rings is 3. The molecule has 0 bridgehead atoms. The van der Waals surface area contributed by atoms with Crippen LogP contribution < -0.4 is 21.5 Å². The van der Waals surface area contributed by atoms with Crippen molar-refractivity contribution in [3.63, 3.8) is 0 Å². The lowest BCUT2D eigenvalue weighted by Crippen LogP contribution is -2.32. The molecular formula is C26H22F2N2O3. The summed E-state index contributed by atoms with van der Waals surface area (Å²) in [5.74, 6) is -1.88. The number of halogens is 2. The van der Waals surface area contributed by atoms with E-state index in [0.717, 1.165) is 22.8 Å². The lowest BCUT2D eigenvalue weighted by molar-refractivity contribution is 0.466. The predicted octanol–water partition coefficient (Wildman–Crippen LogP) is 4.76. The second kappa shape index (κ2) is 8.96. The number of aromatic hydroxyl groups is 1. The Morgan fingerprint density at radius 3 is 2.12 bits per heavy atom. The third-order valence-electron chi connectivity index (χ3n) is 5.59. The first-order valence-electron chi connectivity index (χ1n) is 10.4. The standard InChI is InChI=1S/C26H22F2N2O3/c1-14-6-8-16(9-7-14)22(29-15(2)18-10-19(27)13-20(28)11-18)17-4-3-5-21(12-17)30-23-24(31)26(33)25(23)32/h3-13,15,22,29-31H,1-2H3/t15-,22?/m1/s1. The van der Waals surface area contributed by atoms with Gasteiger partial charge in [0.2, 0.25) is 0 Å². The van der Waals surface area contributed by atoms with Crippen LogP contribution in [0.3, 0.4) is 0 Å². The van der Waals surface area contributed by atoms with Gasteiger partial charge < -0.3 is 10.4 Å². The first-order chi connectivity index (χ1) is 15.7. The minimum Gasteiger partial charge on any atom is -0.502 e. The van der Waals surface area contributed by atoms with Crippen molar-refractivity contribution in [2.75, 3.05) is 5.32 Å². The molecule has 0 spiro atoms. The van der Waals surface area contributed by atoms with Gasteiger partial charge in [0.1, 0.15) is 17.3 Å². The zero-order chi connectivity index (χ0) is 23.7. The molecule has 1 unspecified atom stereocenters. The zero-order valence-corrected chi connectivity index (χ0v) is 18.0. The van der Waals surface area contributed by atoms with E-state index < -0.39 is 34.3 Å². The Hall–Kier alpha value is -3.84. The van der Waals surface area contributed by atoms with Gasteiger partial charge in [-0.05, 0) is 54.8 Å². The van der Waals surface area contributed by atoms with Gasteiger partial charge in [-0.3, -0.25) is 14.9 Å². The molecule has 0 heterocycles. The average molecular weight is 448 g/mol. The first kappa shape index (κ1) is 22.4. The third-order valence-corrected chi connectivity index (χ3v) is 5.59. The molecule has 168 valence electrons. The Morgan fingerprint density at radius 2 is 1.48 bits per heavy atom.